The summed E-state index contributed by atoms with van der Waals surface area (Å²) in [5, 5.41) is 7.10. The van der Waals surface area contributed by atoms with Crippen LogP contribution >= 0.6 is 0 Å². The Morgan fingerprint density at radius 3 is 2.87 bits per heavy atom. The van der Waals surface area contributed by atoms with Crippen LogP contribution in [0.5, 0.6) is 0 Å². The van der Waals surface area contributed by atoms with Crippen molar-refractivity contribution in [3.63, 3.8) is 0 Å². The molecule has 0 amide bonds. The minimum Gasteiger partial charge on any atom is -0.374 e. The van der Waals surface area contributed by atoms with Crippen LogP contribution < -0.4 is 10.6 Å². The minimum atomic E-state index is 0.0911. The molecule has 3 nitrogen and oxygen atoms in total. The SMILES string of the molecule is CC(CNC1CC1)NCC1(C)CCCO1. The summed E-state index contributed by atoms with van der Waals surface area (Å²) in [5.74, 6) is 0. The maximum Gasteiger partial charge on any atom is 0.0779 e. The summed E-state index contributed by atoms with van der Waals surface area (Å²) in [7, 11) is 0. The first-order valence-corrected chi connectivity index (χ1v) is 6.29. The van der Waals surface area contributed by atoms with Crippen LogP contribution in [0, 0.1) is 0 Å². The molecule has 0 aromatic heterocycles. The van der Waals surface area contributed by atoms with Crippen molar-refractivity contribution in [1.29, 1.82) is 0 Å². The molecule has 0 aromatic carbocycles. The number of nitrogens with one attached hydrogen (secondary N) is 2. The Morgan fingerprint density at radius 2 is 2.27 bits per heavy atom. The van der Waals surface area contributed by atoms with E-state index in [0.717, 1.165) is 25.7 Å². The molecule has 1 aliphatic carbocycles. The van der Waals surface area contributed by atoms with Crippen LogP contribution in [0.25, 0.3) is 0 Å². The van der Waals surface area contributed by atoms with Crippen molar-refractivity contribution in [1.82, 2.24) is 10.6 Å². The summed E-state index contributed by atoms with van der Waals surface area (Å²) in [6, 6.07) is 1.36. The van der Waals surface area contributed by atoms with Crippen molar-refractivity contribution in [2.75, 3.05) is 19.7 Å². The van der Waals surface area contributed by atoms with Gasteiger partial charge in [-0.1, -0.05) is 0 Å². The molecular weight excluding hydrogens is 188 g/mol. The van der Waals surface area contributed by atoms with Crippen molar-refractivity contribution in [2.45, 2.75) is 57.2 Å². The minimum absolute atomic E-state index is 0.0911. The summed E-state index contributed by atoms with van der Waals surface area (Å²) in [6.45, 7) is 7.47. The van der Waals surface area contributed by atoms with E-state index >= 15 is 0 Å². The van der Waals surface area contributed by atoms with Crippen LogP contribution in [0.1, 0.15) is 39.5 Å². The van der Waals surface area contributed by atoms with Crippen LogP contribution in [-0.2, 0) is 4.74 Å². The third-order valence-electron chi connectivity index (χ3n) is 3.42. The third kappa shape index (κ3) is 3.74. The molecule has 2 unspecified atom stereocenters. The molecule has 2 rings (SSSR count). The number of rotatable bonds is 6. The molecule has 2 atom stereocenters. The van der Waals surface area contributed by atoms with Crippen molar-refractivity contribution in [3.8, 4) is 0 Å². The highest BCUT2D eigenvalue weighted by Crippen LogP contribution is 2.24. The average molecular weight is 212 g/mol. The van der Waals surface area contributed by atoms with Crippen LogP contribution in [0.4, 0.5) is 0 Å². The smallest absolute Gasteiger partial charge is 0.0779 e. The Hall–Kier alpha value is -0.120. The molecule has 1 heterocycles. The van der Waals surface area contributed by atoms with Crippen LogP contribution in [0.2, 0.25) is 0 Å². The van der Waals surface area contributed by atoms with Gasteiger partial charge in [-0.25, -0.2) is 0 Å². The van der Waals surface area contributed by atoms with Gasteiger partial charge in [-0.2, -0.15) is 0 Å². The van der Waals surface area contributed by atoms with Crippen molar-refractivity contribution in [2.24, 2.45) is 0 Å². The van der Waals surface area contributed by atoms with Gasteiger partial charge in [-0.05, 0) is 39.5 Å². The van der Waals surface area contributed by atoms with Crippen molar-refractivity contribution < 1.29 is 4.74 Å². The van der Waals surface area contributed by atoms with Crippen molar-refractivity contribution in [3.05, 3.63) is 0 Å². The molecule has 2 fully saturated rings. The molecule has 3 heteroatoms. The predicted molar refractivity (Wildman–Crippen MR) is 62.1 cm³/mol. The predicted octanol–water partition coefficient (Wildman–Crippen LogP) is 1.29. The summed E-state index contributed by atoms with van der Waals surface area (Å²) < 4.78 is 5.75. The lowest BCUT2D eigenvalue weighted by atomic mass is 10.0. The van der Waals surface area contributed by atoms with Gasteiger partial charge in [0, 0.05) is 31.8 Å². The zero-order valence-electron chi connectivity index (χ0n) is 10.0. The highest BCUT2D eigenvalue weighted by molar-refractivity contribution is 4.85. The van der Waals surface area contributed by atoms with E-state index in [1.807, 2.05) is 0 Å². The Morgan fingerprint density at radius 1 is 1.47 bits per heavy atom. The summed E-state index contributed by atoms with van der Waals surface area (Å²) in [4.78, 5) is 0. The molecule has 1 saturated heterocycles. The molecule has 1 aliphatic heterocycles. The topological polar surface area (TPSA) is 33.3 Å². The lowest BCUT2D eigenvalue weighted by molar-refractivity contribution is 0.0191. The molecule has 0 aromatic rings. The Balaban J connectivity index is 1.58. The average Bonchev–Trinajstić information content (AvgIpc) is 2.95. The van der Waals surface area contributed by atoms with Gasteiger partial charge in [0.2, 0.25) is 0 Å². The van der Waals surface area contributed by atoms with E-state index in [-0.39, 0.29) is 5.60 Å². The lowest BCUT2D eigenvalue weighted by Crippen LogP contribution is -2.45. The summed E-state index contributed by atoms with van der Waals surface area (Å²) in [5.41, 5.74) is 0.0911. The molecule has 1 saturated carbocycles. The summed E-state index contributed by atoms with van der Waals surface area (Å²) in [6.07, 6.45) is 5.15. The fraction of sp³-hybridized carbons (Fsp3) is 1.00. The zero-order chi connectivity index (χ0) is 10.7. The fourth-order valence-electron chi connectivity index (χ4n) is 2.07. The Bertz CT molecular complexity index is 198. The first-order valence-electron chi connectivity index (χ1n) is 6.29. The van der Waals surface area contributed by atoms with Gasteiger partial charge in [-0.3, -0.25) is 0 Å². The highest BCUT2D eigenvalue weighted by Gasteiger charge is 2.29. The maximum atomic E-state index is 5.75. The molecule has 15 heavy (non-hydrogen) atoms. The van der Waals surface area contributed by atoms with Gasteiger partial charge in [0.25, 0.3) is 0 Å². The van der Waals surface area contributed by atoms with Gasteiger partial charge in [-0.15, -0.1) is 0 Å². The first-order chi connectivity index (χ1) is 7.18. The highest BCUT2D eigenvalue weighted by atomic mass is 16.5. The van der Waals surface area contributed by atoms with Crippen molar-refractivity contribution >= 4 is 0 Å². The molecular formula is C12H24N2O. The van der Waals surface area contributed by atoms with E-state index in [9.17, 15) is 0 Å². The molecule has 0 radical (unpaired) electrons. The standard InChI is InChI=1S/C12H24N2O/c1-10(8-13-11-4-5-11)14-9-12(2)6-3-7-15-12/h10-11,13-14H,3-9H2,1-2H3. The second kappa shape index (κ2) is 4.81. The number of hydrogen-bond donors (Lipinski definition) is 2. The fourth-order valence-corrected chi connectivity index (χ4v) is 2.07. The van der Waals surface area contributed by atoms with E-state index in [4.69, 9.17) is 4.74 Å². The van der Waals surface area contributed by atoms with Crippen LogP contribution in [0.15, 0.2) is 0 Å². The number of hydrogen-bond acceptors (Lipinski definition) is 3. The molecule has 0 bridgehead atoms. The molecule has 0 spiro atoms. The maximum absolute atomic E-state index is 5.75. The van der Waals surface area contributed by atoms with Gasteiger partial charge in [0.1, 0.15) is 0 Å². The number of ether oxygens (including phenoxy) is 1. The second-order valence-electron chi connectivity index (χ2n) is 5.37. The van der Waals surface area contributed by atoms with Gasteiger partial charge in [0.05, 0.1) is 5.60 Å². The molecule has 2 N–H and O–H groups in total. The molecule has 2 aliphatic rings. The van der Waals surface area contributed by atoms with Crippen LogP contribution in [-0.4, -0.2) is 37.4 Å². The Kier molecular flexibility index (Phi) is 3.65. The first kappa shape index (κ1) is 11.4. The second-order valence-corrected chi connectivity index (χ2v) is 5.37. The molecule has 88 valence electrons. The van der Waals surface area contributed by atoms with Gasteiger partial charge >= 0.3 is 0 Å². The monoisotopic (exact) mass is 212 g/mol. The van der Waals surface area contributed by atoms with Crippen LogP contribution in [0.3, 0.4) is 0 Å². The Labute approximate surface area is 93.0 Å². The normalized spacial score (nSPS) is 33.2. The van der Waals surface area contributed by atoms with E-state index in [2.05, 4.69) is 24.5 Å². The van der Waals surface area contributed by atoms with E-state index in [0.29, 0.717) is 6.04 Å². The largest absolute Gasteiger partial charge is 0.374 e. The van der Waals surface area contributed by atoms with E-state index < -0.39 is 0 Å². The lowest BCUT2D eigenvalue weighted by Gasteiger charge is -2.26. The van der Waals surface area contributed by atoms with Gasteiger partial charge in [0.15, 0.2) is 0 Å². The van der Waals surface area contributed by atoms with E-state index in [1.165, 1.54) is 25.7 Å². The van der Waals surface area contributed by atoms with Gasteiger partial charge < -0.3 is 15.4 Å². The third-order valence-corrected chi connectivity index (χ3v) is 3.42. The quantitative estimate of drug-likeness (QED) is 0.696. The van der Waals surface area contributed by atoms with E-state index in [1.54, 1.807) is 0 Å². The zero-order valence-corrected chi connectivity index (χ0v) is 10.0. The summed E-state index contributed by atoms with van der Waals surface area (Å²) >= 11 is 0.